The first kappa shape index (κ1) is 13.1. The molecule has 0 bridgehead atoms. The summed E-state index contributed by atoms with van der Waals surface area (Å²) < 4.78 is 0. The molecule has 0 radical (unpaired) electrons. The number of hydrogen-bond donors (Lipinski definition) is 1. The van der Waals surface area contributed by atoms with Crippen LogP contribution < -0.4 is 4.90 Å². The summed E-state index contributed by atoms with van der Waals surface area (Å²) in [5.74, 6) is 0.139. The van der Waals surface area contributed by atoms with Gasteiger partial charge in [0.2, 0.25) is 5.91 Å². The van der Waals surface area contributed by atoms with Gasteiger partial charge >= 0.3 is 0 Å². The zero-order valence-electron chi connectivity index (χ0n) is 10.8. The van der Waals surface area contributed by atoms with Crippen molar-refractivity contribution in [1.82, 2.24) is 4.90 Å². The summed E-state index contributed by atoms with van der Waals surface area (Å²) in [7, 11) is 1.91. The maximum Gasteiger partial charge on any atom is 0.241 e. The first-order chi connectivity index (χ1) is 8.72. The predicted molar refractivity (Wildman–Crippen MR) is 71.7 cm³/mol. The lowest BCUT2D eigenvalue weighted by atomic mass is 10.2. The smallest absolute Gasteiger partial charge is 0.241 e. The Bertz CT molecular complexity index is 420. The normalized spacial score (nSPS) is 14.1. The van der Waals surface area contributed by atoms with Crippen molar-refractivity contribution in [3.8, 4) is 0 Å². The van der Waals surface area contributed by atoms with Crippen LogP contribution in [0.4, 0.5) is 5.69 Å². The molecular formula is C14H20N2O2. The number of para-hydroxylation sites is 1. The van der Waals surface area contributed by atoms with Crippen LogP contribution in [0.3, 0.4) is 0 Å². The highest BCUT2D eigenvalue weighted by Gasteiger charge is 2.24. The molecule has 0 fully saturated rings. The van der Waals surface area contributed by atoms with E-state index in [1.807, 2.05) is 35.0 Å². The molecule has 1 N–H and O–H groups in total. The van der Waals surface area contributed by atoms with Gasteiger partial charge < -0.3 is 10.0 Å². The minimum absolute atomic E-state index is 0.139. The lowest BCUT2D eigenvalue weighted by Gasteiger charge is -2.21. The molecule has 4 heteroatoms. The average Bonchev–Trinajstić information content (AvgIpc) is 2.80. The number of likely N-dealkylation sites (N-methyl/N-ethyl adjacent to an activating group) is 1. The van der Waals surface area contributed by atoms with E-state index in [0.717, 1.165) is 25.2 Å². The van der Waals surface area contributed by atoms with Crippen LogP contribution in [-0.4, -0.2) is 49.2 Å². The van der Waals surface area contributed by atoms with Gasteiger partial charge in [-0.25, -0.2) is 0 Å². The van der Waals surface area contributed by atoms with Crippen molar-refractivity contribution in [3.05, 3.63) is 29.8 Å². The minimum Gasteiger partial charge on any atom is -0.396 e. The summed E-state index contributed by atoms with van der Waals surface area (Å²) >= 11 is 0. The molecule has 1 aliphatic rings. The van der Waals surface area contributed by atoms with Gasteiger partial charge in [0, 0.05) is 25.4 Å². The van der Waals surface area contributed by atoms with Crippen molar-refractivity contribution in [1.29, 1.82) is 0 Å². The molecule has 1 aliphatic heterocycles. The number of anilines is 1. The molecule has 0 atom stereocenters. The SMILES string of the molecule is CN(CCCO)CC(=O)N1CCc2ccccc21. The first-order valence-corrected chi connectivity index (χ1v) is 6.40. The van der Waals surface area contributed by atoms with Crippen molar-refractivity contribution in [2.24, 2.45) is 0 Å². The number of nitrogens with zero attached hydrogens (tertiary/aromatic N) is 2. The Balaban J connectivity index is 1.95. The topological polar surface area (TPSA) is 43.8 Å². The number of rotatable bonds is 5. The van der Waals surface area contributed by atoms with Gasteiger partial charge in [0.05, 0.1) is 6.54 Å². The lowest BCUT2D eigenvalue weighted by molar-refractivity contribution is -0.119. The van der Waals surface area contributed by atoms with Crippen LogP contribution in [0.15, 0.2) is 24.3 Å². The maximum absolute atomic E-state index is 12.2. The second kappa shape index (κ2) is 5.98. The lowest BCUT2D eigenvalue weighted by Crippen LogP contribution is -2.38. The summed E-state index contributed by atoms with van der Waals surface area (Å²) in [6, 6.07) is 8.08. The number of amides is 1. The van der Waals surface area contributed by atoms with Gasteiger partial charge in [-0.05, 0) is 31.5 Å². The van der Waals surface area contributed by atoms with Crippen molar-refractivity contribution < 1.29 is 9.90 Å². The molecule has 0 saturated carbocycles. The van der Waals surface area contributed by atoms with Crippen LogP contribution in [-0.2, 0) is 11.2 Å². The molecule has 0 saturated heterocycles. The fourth-order valence-corrected chi connectivity index (χ4v) is 2.33. The van der Waals surface area contributed by atoms with Gasteiger partial charge in [-0.3, -0.25) is 9.69 Å². The number of aliphatic hydroxyl groups excluding tert-OH is 1. The Labute approximate surface area is 108 Å². The van der Waals surface area contributed by atoms with E-state index in [2.05, 4.69) is 6.07 Å². The van der Waals surface area contributed by atoms with Crippen molar-refractivity contribution >= 4 is 11.6 Å². The zero-order valence-corrected chi connectivity index (χ0v) is 10.8. The number of benzene rings is 1. The third-order valence-electron chi connectivity index (χ3n) is 3.29. The molecule has 98 valence electrons. The molecule has 18 heavy (non-hydrogen) atoms. The maximum atomic E-state index is 12.2. The highest BCUT2D eigenvalue weighted by molar-refractivity contribution is 5.96. The van der Waals surface area contributed by atoms with Crippen LogP contribution in [0, 0.1) is 0 Å². The quantitative estimate of drug-likeness (QED) is 0.841. The van der Waals surface area contributed by atoms with Gasteiger partial charge in [-0.2, -0.15) is 0 Å². The molecule has 1 aromatic carbocycles. The van der Waals surface area contributed by atoms with E-state index in [0.29, 0.717) is 13.0 Å². The largest absolute Gasteiger partial charge is 0.396 e. The van der Waals surface area contributed by atoms with E-state index < -0.39 is 0 Å². The average molecular weight is 248 g/mol. The highest BCUT2D eigenvalue weighted by atomic mass is 16.3. The van der Waals surface area contributed by atoms with Gasteiger partial charge in [-0.1, -0.05) is 18.2 Å². The standard InChI is InChI=1S/C14H20N2O2/c1-15(8-4-10-17)11-14(18)16-9-7-12-5-2-3-6-13(12)16/h2-3,5-6,17H,4,7-11H2,1H3. The van der Waals surface area contributed by atoms with Crippen LogP contribution in [0.5, 0.6) is 0 Å². The second-order valence-corrected chi connectivity index (χ2v) is 4.74. The summed E-state index contributed by atoms with van der Waals surface area (Å²) in [5, 5.41) is 8.77. The monoisotopic (exact) mass is 248 g/mol. The number of hydrogen-bond acceptors (Lipinski definition) is 3. The number of carbonyl (C=O) groups is 1. The van der Waals surface area contributed by atoms with E-state index in [1.54, 1.807) is 0 Å². The van der Waals surface area contributed by atoms with Crippen molar-refractivity contribution in [2.45, 2.75) is 12.8 Å². The Morgan fingerprint density at radius 3 is 3.00 bits per heavy atom. The van der Waals surface area contributed by atoms with Crippen LogP contribution in [0.25, 0.3) is 0 Å². The summed E-state index contributed by atoms with van der Waals surface area (Å²) in [4.78, 5) is 16.0. The Kier molecular flexibility index (Phi) is 4.33. The fourth-order valence-electron chi connectivity index (χ4n) is 2.33. The van der Waals surface area contributed by atoms with Crippen LogP contribution in [0.1, 0.15) is 12.0 Å². The van der Waals surface area contributed by atoms with Gasteiger partial charge in [0.1, 0.15) is 0 Å². The molecule has 0 unspecified atom stereocenters. The number of fused-ring (bicyclic) bond motifs is 1. The molecule has 4 nitrogen and oxygen atoms in total. The molecule has 1 heterocycles. The Morgan fingerprint density at radius 2 is 2.22 bits per heavy atom. The van der Waals surface area contributed by atoms with Gasteiger partial charge in [0.25, 0.3) is 0 Å². The van der Waals surface area contributed by atoms with Crippen molar-refractivity contribution in [3.63, 3.8) is 0 Å². The van der Waals surface area contributed by atoms with Crippen LogP contribution >= 0.6 is 0 Å². The summed E-state index contributed by atoms with van der Waals surface area (Å²) in [6.45, 7) is 2.11. The predicted octanol–water partition coefficient (Wildman–Crippen LogP) is 0.890. The summed E-state index contributed by atoms with van der Waals surface area (Å²) in [6.07, 6.45) is 1.66. The molecule has 0 aliphatic carbocycles. The molecule has 2 rings (SSSR count). The molecule has 0 aromatic heterocycles. The summed E-state index contributed by atoms with van der Waals surface area (Å²) in [5.41, 5.74) is 2.31. The minimum atomic E-state index is 0.139. The van der Waals surface area contributed by atoms with Gasteiger partial charge in [0.15, 0.2) is 0 Å². The highest BCUT2D eigenvalue weighted by Crippen LogP contribution is 2.27. The number of aliphatic hydroxyl groups is 1. The van der Waals surface area contributed by atoms with Crippen LogP contribution in [0.2, 0.25) is 0 Å². The fraction of sp³-hybridized carbons (Fsp3) is 0.500. The zero-order chi connectivity index (χ0) is 13.0. The van der Waals surface area contributed by atoms with E-state index in [-0.39, 0.29) is 12.5 Å². The Hall–Kier alpha value is -1.39. The molecular weight excluding hydrogens is 228 g/mol. The van der Waals surface area contributed by atoms with E-state index >= 15 is 0 Å². The van der Waals surface area contributed by atoms with E-state index in [4.69, 9.17) is 5.11 Å². The first-order valence-electron chi connectivity index (χ1n) is 6.40. The van der Waals surface area contributed by atoms with Gasteiger partial charge in [-0.15, -0.1) is 0 Å². The third-order valence-corrected chi connectivity index (χ3v) is 3.29. The number of carbonyl (C=O) groups excluding carboxylic acids is 1. The molecule has 0 spiro atoms. The third kappa shape index (κ3) is 2.89. The van der Waals surface area contributed by atoms with E-state index in [1.165, 1.54) is 5.56 Å². The second-order valence-electron chi connectivity index (χ2n) is 4.74. The van der Waals surface area contributed by atoms with Crippen molar-refractivity contribution in [2.75, 3.05) is 38.2 Å². The van der Waals surface area contributed by atoms with E-state index in [9.17, 15) is 4.79 Å². The molecule has 1 amide bonds. The Morgan fingerprint density at radius 1 is 1.44 bits per heavy atom. The molecule has 1 aromatic rings.